The Balaban J connectivity index is 2.70. The third-order valence-electron chi connectivity index (χ3n) is 3.03. The van der Waals surface area contributed by atoms with Gasteiger partial charge >= 0.3 is 5.97 Å². The largest absolute Gasteiger partial charge is 0.466 e. The molecule has 0 aliphatic heterocycles. The monoisotopic (exact) mass is 327 g/mol. The second-order valence-corrected chi connectivity index (χ2v) is 5.14. The molecule has 1 aromatic carbocycles. The average molecular weight is 328 g/mol. The SMILES string of the molecule is CCOC(=O)CCN(CCCOC)C(=O)c1cccc(Cl)c1. The number of amides is 1. The third kappa shape index (κ3) is 6.45. The van der Waals surface area contributed by atoms with Crippen molar-refractivity contribution in [3.63, 3.8) is 0 Å². The highest BCUT2D eigenvalue weighted by Gasteiger charge is 2.17. The fourth-order valence-electron chi connectivity index (χ4n) is 1.98. The topological polar surface area (TPSA) is 55.8 Å². The fraction of sp³-hybridized carbons (Fsp3) is 0.500. The van der Waals surface area contributed by atoms with E-state index >= 15 is 0 Å². The summed E-state index contributed by atoms with van der Waals surface area (Å²) in [6, 6.07) is 6.78. The van der Waals surface area contributed by atoms with Gasteiger partial charge < -0.3 is 14.4 Å². The number of hydrogen-bond acceptors (Lipinski definition) is 4. The zero-order valence-corrected chi connectivity index (χ0v) is 13.8. The Labute approximate surface area is 136 Å². The number of methoxy groups -OCH3 is 1. The molecule has 22 heavy (non-hydrogen) atoms. The average Bonchev–Trinajstić information content (AvgIpc) is 2.50. The van der Waals surface area contributed by atoms with Crippen molar-refractivity contribution >= 4 is 23.5 Å². The fourth-order valence-corrected chi connectivity index (χ4v) is 2.17. The second kappa shape index (κ2) is 10.2. The minimum atomic E-state index is -0.307. The van der Waals surface area contributed by atoms with E-state index in [1.165, 1.54) is 0 Å². The summed E-state index contributed by atoms with van der Waals surface area (Å²) in [6.07, 6.45) is 0.874. The number of esters is 1. The van der Waals surface area contributed by atoms with Gasteiger partial charge in [0.05, 0.1) is 13.0 Å². The van der Waals surface area contributed by atoms with E-state index in [1.807, 2.05) is 0 Å². The van der Waals surface area contributed by atoms with Gasteiger partial charge in [0.25, 0.3) is 5.91 Å². The smallest absolute Gasteiger partial charge is 0.307 e. The Morgan fingerprint density at radius 2 is 2.05 bits per heavy atom. The molecule has 0 radical (unpaired) electrons. The maximum Gasteiger partial charge on any atom is 0.307 e. The van der Waals surface area contributed by atoms with Gasteiger partial charge in [0.2, 0.25) is 0 Å². The molecule has 1 aromatic rings. The number of hydrogen-bond donors (Lipinski definition) is 0. The highest BCUT2D eigenvalue weighted by molar-refractivity contribution is 6.30. The van der Waals surface area contributed by atoms with Crippen molar-refractivity contribution in [2.45, 2.75) is 19.8 Å². The minimum Gasteiger partial charge on any atom is -0.466 e. The predicted molar refractivity (Wildman–Crippen MR) is 85.1 cm³/mol. The molecule has 0 fully saturated rings. The zero-order chi connectivity index (χ0) is 16.4. The molecule has 0 spiro atoms. The van der Waals surface area contributed by atoms with Crippen molar-refractivity contribution in [1.82, 2.24) is 4.90 Å². The van der Waals surface area contributed by atoms with Crippen molar-refractivity contribution in [3.8, 4) is 0 Å². The summed E-state index contributed by atoms with van der Waals surface area (Å²) in [5.74, 6) is -0.457. The van der Waals surface area contributed by atoms with Crippen LogP contribution in [0.1, 0.15) is 30.1 Å². The van der Waals surface area contributed by atoms with Crippen LogP contribution in [0.4, 0.5) is 0 Å². The van der Waals surface area contributed by atoms with E-state index in [1.54, 1.807) is 43.2 Å². The minimum absolute atomic E-state index is 0.150. The Morgan fingerprint density at radius 1 is 1.27 bits per heavy atom. The lowest BCUT2D eigenvalue weighted by atomic mass is 10.2. The molecule has 122 valence electrons. The van der Waals surface area contributed by atoms with Crippen LogP contribution in [0.5, 0.6) is 0 Å². The van der Waals surface area contributed by atoms with Crippen LogP contribution >= 0.6 is 11.6 Å². The molecule has 0 N–H and O–H groups in total. The highest BCUT2D eigenvalue weighted by atomic mass is 35.5. The van der Waals surface area contributed by atoms with Crippen LogP contribution < -0.4 is 0 Å². The Hall–Kier alpha value is -1.59. The summed E-state index contributed by atoms with van der Waals surface area (Å²) in [4.78, 5) is 25.6. The maximum absolute atomic E-state index is 12.5. The number of carbonyl (C=O) groups excluding carboxylic acids is 2. The Bertz CT molecular complexity index is 493. The molecule has 1 rings (SSSR count). The van der Waals surface area contributed by atoms with E-state index in [0.717, 1.165) is 0 Å². The predicted octanol–water partition coefficient (Wildman–Crippen LogP) is 2.77. The number of nitrogens with zero attached hydrogens (tertiary/aromatic N) is 1. The van der Waals surface area contributed by atoms with Gasteiger partial charge in [-0.2, -0.15) is 0 Å². The van der Waals surface area contributed by atoms with Gasteiger partial charge in [-0.15, -0.1) is 0 Å². The zero-order valence-electron chi connectivity index (χ0n) is 13.0. The van der Waals surface area contributed by atoms with Crippen LogP contribution in [-0.4, -0.2) is 50.2 Å². The van der Waals surface area contributed by atoms with E-state index in [2.05, 4.69) is 0 Å². The van der Waals surface area contributed by atoms with Crippen molar-refractivity contribution < 1.29 is 19.1 Å². The lowest BCUT2D eigenvalue weighted by molar-refractivity contribution is -0.143. The maximum atomic E-state index is 12.5. The summed E-state index contributed by atoms with van der Waals surface area (Å²) >= 11 is 5.92. The summed E-state index contributed by atoms with van der Waals surface area (Å²) in [5.41, 5.74) is 0.508. The van der Waals surface area contributed by atoms with Crippen LogP contribution in [0, 0.1) is 0 Å². The molecule has 0 aliphatic rings. The van der Waals surface area contributed by atoms with Gasteiger partial charge in [-0.05, 0) is 31.5 Å². The van der Waals surface area contributed by atoms with Crippen LogP contribution in [0.3, 0.4) is 0 Å². The molecule has 0 saturated heterocycles. The summed E-state index contributed by atoms with van der Waals surface area (Å²) in [6.45, 7) is 3.47. The van der Waals surface area contributed by atoms with Crippen LogP contribution in [0.2, 0.25) is 5.02 Å². The molecule has 0 heterocycles. The van der Waals surface area contributed by atoms with Gasteiger partial charge in [0.15, 0.2) is 0 Å². The lowest BCUT2D eigenvalue weighted by Gasteiger charge is -2.22. The van der Waals surface area contributed by atoms with Gasteiger partial charge in [-0.3, -0.25) is 9.59 Å². The van der Waals surface area contributed by atoms with Gasteiger partial charge in [-0.25, -0.2) is 0 Å². The number of ether oxygens (including phenoxy) is 2. The normalized spacial score (nSPS) is 10.3. The molecule has 1 amide bonds. The van der Waals surface area contributed by atoms with Crippen molar-refractivity contribution in [1.29, 1.82) is 0 Å². The number of carbonyl (C=O) groups is 2. The van der Waals surface area contributed by atoms with Crippen molar-refractivity contribution in [2.75, 3.05) is 33.4 Å². The van der Waals surface area contributed by atoms with E-state index in [-0.39, 0.29) is 18.3 Å². The first-order valence-corrected chi connectivity index (χ1v) is 7.65. The first kappa shape index (κ1) is 18.5. The first-order valence-electron chi connectivity index (χ1n) is 7.28. The molecule has 0 atom stereocenters. The van der Waals surface area contributed by atoms with Gasteiger partial charge in [0, 0.05) is 37.4 Å². The summed E-state index contributed by atoms with van der Waals surface area (Å²) in [7, 11) is 1.61. The lowest BCUT2D eigenvalue weighted by Crippen LogP contribution is -2.34. The number of benzene rings is 1. The standard InChI is InChI=1S/C16H22ClNO4/c1-3-22-15(19)8-10-18(9-5-11-21-2)16(20)13-6-4-7-14(17)12-13/h4,6-7,12H,3,5,8-11H2,1-2H3. The van der Waals surface area contributed by atoms with Gasteiger partial charge in [-0.1, -0.05) is 17.7 Å². The molecule has 0 saturated carbocycles. The molecule has 0 bridgehead atoms. The number of halogens is 1. The van der Waals surface area contributed by atoms with E-state index in [9.17, 15) is 9.59 Å². The van der Waals surface area contributed by atoms with E-state index in [4.69, 9.17) is 21.1 Å². The third-order valence-corrected chi connectivity index (χ3v) is 3.26. The van der Waals surface area contributed by atoms with E-state index in [0.29, 0.717) is 43.3 Å². The van der Waals surface area contributed by atoms with Crippen molar-refractivity contribution in [2.24, 2.45) is 0 Å². The molecular formula is C16H22ClNO4. The van der Waals surface area contributed by atoms with Crippen molar-refractivity contribution in [3.05, 3.63) is 34.9 Å². The first-order chi connectivity index (χ1) is 10.6. The molecule has 6 heteroatoms. The molecule has 0 aliphatic carbocycles. The molecule has 0 aromatic heterocycles. The van der Waals surface area contributed by atoms with Crippen LogP contribution in [0.25, 0.3) is 0 Å². The quantitative estimate of drug-likeness (QED) is 0.517. The number of rotatable bonds is 9. The van der Waals surface area contributed by atoms with Crippen LogP contribution in [0.15, 0.2) is 24.3 Å². The molecular weight excluding hydrogens is 306 g/mol. The molecule has 0 unspecified atom stereocenters. The van der Waals surface area contributed by atoms with Gasteiger partial charge in [0.1, 0.15) is 0 Å². The van der Waals surface area contributed by atoms with Crippen LogP contribution in [-0.2, 0) is 14.3 Å². The van der Waals surface area contributed by atoms with E-state index < -0.39 is 0 Å². The summed E-state index contributed by atoms with van der Waals surface area (Å²) in [5, 5.41) is 0.507. The Kier molecular flexibility index (Phi) is 8.55. The highest BCUT2D eigenvalue weighted by Crippen LogP contribution is 2.13. The Morgan fingerprint density at radius 3 is 2.68 bits per heavy atom. The second-order valence-electron chi connectivity index (χ2n) is 4.70. The molecule has 5 nitrogen and oxygen atoms in total. The summed E-state index contributed by atoms with van der Waals surface area (Å²) < 4.78 is 9.91.